The lowest BCUT2D eigenvalue weighted by atomic mass is 9.66. The van der Waals surface area contributed by atoms with Gasteiger partial charge in [-0.1, -0.05) is 35.5 Å². The Bertz CT molecular complexity index is 1070. The molecular formula is C18H13F3N6O2. The van der Waals surface area contributed by atoms with Crippen LogP contribution in [0.4, 0.5) is 18.9 Å². The van der Waals surface area contributed by atoms with Gasteiger partial charge in [-0.05, 0) is 29.0 Å². The zero-order valence-corrected chi connectivity index (χ0v) is 14.6. The molecule has 29 heavy (non-hydrogen) atoms. The number of alkyl halides is 3. The molecular weight excluding hydrogens is 389 g/mol. The van der Waals surface area contributed by atoms with Crippen molar-refractivity contribution in [1.29, 1.82) is 0 Å². The van der Waals surface area contributed by atoms with Crippen molar-refractivity contribution in [1.82, 2.24) is 20.6 Å². The fraction of sp³-hybridized carbons (Fsp3) is 0.222. The van der Waals surface area contributed by atoms with E-state index in [0.717, 1.165) is 6.07 Å². The number of aromatic nitrogens is 4. The molecule has 1 saturated carbocycles. The normalized spacial score (nSPS) is 21.5. The van der Waals surface area contributed by atoms with Crippen LogP contribution >= 0.6 is 0 Å². The molecule has 1 heterocycles. The average molecular weight is 402 g/mol. The molecule has 3 aromatic rings. The summed E-state index contributed by atoms with van der Waals surface area (Å²) in [4.78, 5) is 23.7. The molecule has 4 rings (SSSR count). The summed E-state index contributed by atoms with van der Waals surface area (Å²) in [6, 6.07) is 10.1. The maximum Gasteiger partial charge on any atom is 0.416 e. The summed E-state index contributed by atoms with van der Waals surface area (Å²) >= 11 is 0. The molecule has 8 nitrogen and oxygen atoms in total. The zero-order valence-electron chi connectivity index (χ0n) is 14.6. The molecule has 2 aromatic carbocycles. The maximum absolute atomic E-state index is 13.6. The third-order valence-corrected chi connectivity index (χ3v) is 4.87. The summed E-state index contributed by atoms with van der Waals surface area (Å²) in [6.07, 6.45) is -4.85. The molecule has 11 heteroatoms. The minimum atomic E-state index is -4.67. The third kappa shape index (κ3) is 3.13. The molecule has 0 spiro atoms. The number of nitrogens with zero attached hydrogens (tertiary/aromatic N) is 4. The van der Waals surface area contributed by atoms with Crippen LogP contribution in [0.2, 0.25) is 0 Å². The van der Waals surface area contributed by atoms with E-state index >= 15 is 0 Å². The van der Waals surface area contributed by atoms with Crippen LogP contribution in [-0.4, -0.2) is 32.4 Å². The number of Topliss-reactive ketones (excluding diaryl/α,β-unsaturated/α-hetero) is 1. The van der Waals surface area contributed by atoms with E-state index in [1.54, 1.807) is 24.3 Å². The number of H-pyrrole nitrogens is 1. The predicted octanol–water partition coefficient (Wildman–Crippen LogP) is 3.30. The number of benzene rings is 2. The van der Waals surface area contributed by atoms with Crippen LogP contribution in [0.1, 0.15) is 17.5 Å². The largest absolute Gasteiger partial charge is 0.416 e. The smallest absolute Gasteiger partial charge is 0.369 e. The molecule has 1 aliphatic carbocycles. The van der Waals surface area contributed by atoms with Crippen LogP contribution in [0.5, 0.6) is 0 Å². The Morgan fingerprint density at radius 1 is 1.17 bits per heavy atom. The molecule has 0 aliphatic heterocycles. The van der Waals surface area contributed by atoms with E-state index in [0.29, 0.717) is 11.3 Å². The summed E-state index contributed by atoms with van der Waals surface area (Å²) < 4.78 is 40.7. The van der Waals surface area contributed by atoms with E-state index in [-0.39, 0.29) is 17.8 Å². The predicted molar refractivity (Wildman–Crippen MR) is 95.6 cm³/mol. The van der Waals surface area contributed by atoms with Gasteiger partial charge in [-0.25, -0.2) is 0 Å². The van der Waals surface area contributed by atoms with Gasteiger partial charge in [0.25, 0.3) is 0 Å². The molecule has 1 fully saturated rings. The minimum Gasteiger partial charge on any atom is -0.369 e. The van der Waals surface area contributed by atoms with E-state index in [2.05, 4.69) is 31.1 Å². The second kappa shape index (κ2) is 6.76. The lowest BCUT2D eigenvalue weighted by Gasteiger charge is -2.45. The number of aromatic amines is 1. The fourth-order valence-electron chi connectivity index (χ4n) is 3.51. The molecule has 148 valence electrons. The lowest BCUT2D eigenvalue weighted by Crippen LogP contribution is -2.60. The number of rotatable bonds is 5. The van der Waals surface area contributed by atoms with E-state index in [4.69, 9.17) is 0 Å². The topological polar surface area (TPSA) is 113 Å². The summed E-state index contributed by atoms with van der Waals surface area (Å²) in [5.74, 6) is -0.431. The Hall–Kier alpha value is -3.63. The number of hydrogen-bond acceptors (Lipinski definition) is 7. The first-order valence-corrected chi connectivity index (χ1v) is 8.51. The number of carbonyl (C=O) groups is 1. The molecule has 2 atom stereocenters. The molecule has 0 saturated heterocycles. The van der Waals surface area contributed by atoms with Gasteiger partial charge in [-0.2, -0.15) is 23.3 Å². The van der Waals surface area contributed by atoms with E-state index < -0.39 is 29.1 Å². The summed E-state index contributed by atoms with van der Waals surface area (Å²) in [6.45, 7) is 0. The van der Waals surface area contributed by atoms with Crippen molar-refractivity contribution in [2.75, 3.05) is 5.32 Å². The fourth-order valence-corrected chi connectivity index (χ4v) is 3.51. The SMILES string of the molecule is O=NC1CC(Nc2cccc(-c3nn[nH]n3)c2)(c2ccccc2C(F)(F)F)C1=O. The number of tetrazole rings is 1. The molecule has 2 unspecified atom stereocenters. The van der Waals surface area contributed by atoms with Crippen molar-refractivity contribution in [3.05, 3.63) is 64.6 Å². The van der Waals surface area contributed by atoms with Gasteiger partial charge in [0, 0.05) is 17.7 Å². The second-order valence-corrected chi connectivity index (χ2v) is 6.58. The molecule has 1 aromatic heterocycles. The molecule has 0 radical (unpaired) electrons. The maximum atomic E-state index is 13.6. The van der Waals surface area contributed by atoms with Gasteiger partial charge >= 0.3 is 6.18 Å². The van der Waals surface area contributed by atoms with Crippen molar-refractivity contribution in [3.8, 4) is 11.4 Å². The highest BCUT2D eigenvalue weighted by molar-refractivity contribution is 6.03. The van der Waals surface area contributed by atoms with Crippen molar-refractivity contribution in [2.24, 2.45) is 5.18 Å². The van der Waals surface area contributed by atoms with Crippen LogP contribution in [0.15, 0.2) is 53.7 Å². The first-order chi connectivity index (χ1) is 13.8. The monoisotopic (exact) mass is 402 g/mol. The van der Waals surface area contributed by atoms with Gasteiger partial charge in [-0.15, -0.1) is 10.2 Å². The van der Waals surface area contributed by atoms with Gasteiger partial charge in [0.05, 0.1) is 5.56 Å². The van der Waals surface area contributed by atoms with Crippen molar-refractivity contribution < 1.29 is 18.0 Å². The van der Waals surface area contributed by atoms with Crippen LogP contribution in [-0.2, 0) is 16.5 Å². The Balaban J connectivity index is 1.79. The quantitative estimate of drug-likeness (QED) is 0.633. The molecule has 2 N–H and O–H groups in total. The van der Waals surface area contributed by atoms with Crippen molar-refractivity contribution >= 4 is 11.5 Å². The van der Waals surface area contributed by atoms with E-state index in [9.17, 15) is 22.9 Å². The van der Waals surface area contributed by atoms with Crippen LogP contribution in [0, 0.1) is 4.91 Å². The van der Waals surface area contributed by atoms with Gasteiger partial charge in [0.15, 0.2) is 11.8 Å². The number of halogens is 3. The zero-order chi connectivity index (χ0) is 20.6. The molecule has 1 aliphatic rings. The van der Waals surface area contributed by atoms with Crippen LogP contribution in [0.3, 0.4) is 0 Å². The van der Waals surface area contributed by atoms with Gasteiger partial charge in [0.1, 0.15) is 5.54 Å². The highest BCUT2D eigenvalue weighted by atomic mass is 19.4. The Morgan fingerprint density at radius 2 is 1.97 bits per heavy atom. The lowest BCUT2D eigenvalue weighted by molar-refractivity contribution is -0.141. The standard InChI is InChI=1S/C18H13F3N6O2/c19-18(20,21)13-7-2-1-6-12(13)17(9-14(25-29)15(17)28)22-11-5-3-4-10(8-11)16-23-26-27-24-16/h1-8,14,22H,9H2,(H,23,24,26,27). The highest BCUT2D eigenvalue weighted by Crippen LogP contribution is 2.47. The van der Waals surface area contributed by atoms with Crippen molar-refractivity contribution in [2.45, 2.75) is 24.2 Å². The Morgan fingerprint density at radius 3 is 2.62 bits per heavy atom. The summed E-state index contributed by atoms with van der Waals surface area (Å²) in [5.41, 5.74) is -2.01. The van der Waals surface area contributed by atoms with Gasteiger partial charge in [-0.3, -0.25) is 4.79 Å². The second-order valence-electron chi connectivity index (χ2n) is 6.58. The third-order valence-electron chi connectivity index (χ3n) is 4.87. The minimum absolute atomic E-state index is 0.186. The van der Waals surface area contributed by atoms with Crippen LogP contribution in [0.25, 0.3) is 11.4 Å². The van der Waals surface area contributed by atoms with Crippen LogP contribution < -0.4 is 5.32 Å². The number of carbonyl (C=O) groups excluding carboxylic acids is 1. The number of ketones is 1. The Labute approximate surface area is 161 Å². The number of nitroso groups, excluding NO2 is 1. The van der Waals surface area contributed by atoms with Gasteiger partial charge < -0.3 is 5.32 Å². The van der Waals surface area contributed by atoms with Crippen molar-refractivity contribution in [3.63, 3.8) is 0 Å². The van der Waals surface area contributed by atoms with E-state index in [1.807, 2.05) is 0 Å². The van der Waals surface area contributed by atoms with E-state index in [1.165, 1.54) is 18.2 Å². The number of nitrogens with one attached hydrogen (secondary N) is 2. The number of hydrogen-bond donors (Lipinski definition) is 2. The summed E-state index contributed by atoms with van der Waals surface area (Å²) in [5, 5.41) is 19.1. The molecule has 0 amide bonds. The first-order valence-electron chi connectivity index (χ1n) is 8.51. The average Bonchev–Trinajstić information content (AvgIpc) is 3.25. The first kappa shape index (κ1) is 18.7. The highest BCUT2D eigenvalue weighted by Gasteiger charge is 2.58. The number of anilines is 1. The summed E-state index contributed by atoms with van der Waals surface area (Å²) in [7, 11) is 0. The Kier molecular flexibility index (Phi) is 4.36. The van der Waals surface area contributed by atoms with Gasteiger partial charge in [0.2, 0.25) is 5.82 Å². The molecule has 0 bridgehead atoms.